The van der Waals surface area contributed by atoms with Crippen LogP contribution in [0.15, 0.2) is 18.2 Å². The highest BCUT2D eigenvalue weighted by molar-refractivity contribution is 5.80. The van der Waals surface area contributed by atoms with Crippen molar-refractivity contribution in [2.75, 3.05) is 40.3 Å². The lowest BCUT2D eigenvalue weighted by Crippen LogP contribution is -2.53. The van der Waals surface area contributed by atoms with E-state index in [1.807, 2.05) is 6.92 Å². The van der Waals surface area contributed by atoms with Gasteiger partial charge in [0.15, 0.2) is 0 Å². The molecule has 1 heterocycles. The Kier molecular flexibility index (Phi) is 5.74. The van der Waals surface area contributed by atoms with E-state index in [1.54, 1.807) is 20.2 Å². The van der Waals surface area contributed by atoms with Gasteiger partial charge in [0, 0.05) is 45.3 Å². The quantitative estimate of drug-likeness (QED) is 0.884. The molecule has 1 N–H and O–H groups in total. The second-order valence-electron chi connectivity index (χ2n) is 5.56. The van der Waals surface area contributed by atoms with Crippen LogP contribution < -0.4 is 10.1 Å². The summed E-state index contributed by atoms with van der Waals surface area (Å²) in [4.78, 5) is 16.1. The molecule has 0 bridgehead atoms. The summed E-state index contributed by atoms with van der Waals surface area (Å²) in [6.07, 6.45) is 0. The standard InChI is InChI=1S/C16H24FN3O2/c1-12(16(21)18-2)20-8-6-19(7-9-20)11-13-10-14(17)4-5-15(13)22-3/h4-5,10,12H,6-9,11H2,1-3H3,(H,18,21)/t12-/m0/s1. The molecule has 1 aromatic rings. The van der Waals surface area contributed by atoms with E-state index < -0.39 is 0 Å². The van der Waals surface area contributed by atoms with Crippen molar-refractivity contribution in [3.05, 3.63) is 29.6 Å². The van der Waals surface area contributed by atoms with Gasteiger partial charge in [0.25, 0.3) is 0 Å². The number of methoxy groups -OCH3 is 1. The predicted octanol–water partition coefficient (Wildman–Crippen LogP) is 1.09. The fourth-order valence-electron chi connectivity index (χ4n) is 2.80. The Labute approximate surface area is 131 Å². The number of hydrogen-bond donors (Lipinski definition) is 1. The summed E-state index contributed by atoms with van der Waals surface area (Å²) < 4.78 is 18.7. The Morgan fingerprint density at radius 1 is 1.36 bits per heavy atom. The first-order valence-corrected chi connectivity index (χ1v) is 7.55. The second kappa shape index (κ2) is 7.56. The minimum Gasteiger partial charge on any atom is -0.496 e. The molecular formula is C16H24FN3O2. The summed E-state index contributed by atoms with van der Waals surface area (Å²) in [7, 11) is 3.25. The van der Waals surface area contributed by atoms with Gasteiger partial charge in [-0.05, 0) is 25.1 Å². The number of halogens is 1. The number of carbonyl (C=O) groups is 1. The number of amides is 1. The molecule has 1 fully saturated rings. The van der Waals surface area contributed by atoms with Gasteiger partial charge in [-0.2, -0.15) is 0 Å². The number of nitrogens with zero attached hydrogens (tertiary/aromatic N) is 2. The molecule has 122 valence electrons. The molecule has 1 saturated heterocycles. The van der Waals surface area contributed by atoms with Crippen LogP contribution in [-0.2, 0) is 11.3 Å². The van der Waals surface area contributed by atoms with Gasteiger partial charge in [-0.25, -0.2) is 4.39 Å². The first kappa shape index (κ1) is 16.7. The van der Waals surface area contributed by atoms with Crippen LogP contribution in [-0.4, -0.2) is 62.1 Å². The van der Waals surface area contributed by atoms with Crippen molar-refractivity contribution in [1.82, 2.24) is 15.1 Å². The van der Waals surface area contributed by atoms with Crippen molar-refractivity contribution in [2.24, 2.45) is 0 Å². The summed E-state index contributed by atoms with van der Waals surface area (Å²) in [5.74, 6) is 0.505. The Morgan fingerprint density at radius 3 is 2.64 bits per heavy atom. The average Bonchev–Trinajstić information content (AvgIpc) is 2.54. The summed E-state index contributed by atoms with van der Waals surface area (Å²) in [6, 6.07) is 4.48. The molecule has 1 aromatic carbocycles. The maximum Gasteiger partial charge on any atom is 0.236 e. The van der Waals surface area contributed by atoms with Gasteiger partial charge in [0.1, 0.15) is 11.6 Å². The molecule has 0 aromatic heterocycles. The fourth-order valence-corrected chi connectivity index (χ4v) is 2.80. The van der Waals surface area contributed by atoms with E-state index in [2.05, 4.69) is 15.1 Å². The molecule has 0 unspecified atom stereocenters. The van der Waals surface area contributed by atoms with E-state index in [0.717, 1.165) is 31.7 Å². The second-order valence-corrected chi connectivity index (χ2v) is 5.56. The third-order valence-electron chi connectivity index (χ3n) is 4.22. The zero-order valence-electron chi connectivity index (χ0n) is 13.4. The number of nitrogens with one attached hydrogen (secondary N) is 1. The SMILES string of the molecule is CNC(=O)[C@H](C)N1CCN(Cc2cc(F)ccc2OC)CC1. The number of rotatable bonds is 5. The number of carbonyl (C=O) groups excluding carboxylic acids is 1. The van der Waals surface area contributed by atoms with Gasteiger partial charge in [0.05, 0.1) is 13.2 Å². The molecule has 1 atom stereocenters. The summed E-state index contributed by atoms with van der Waals surface area (Å²) in [5.41, 5.74) is 0.857. The molecular weight excluding hydrogens is 285 g/mol. The lowest BCUT2D eigenvalue weighted by molar-refractivity contribution is -0.126. The van der Waals surface area contributed by atoms with E-state index in [9.17, 15) is 9.18 Å². The highest BCUT2D eigenvalue weighted by Crippen LogP contribution is 2.21. The van der Waals surface area contributed by atoms with Crippen molar-refractivity contribution in [2.45, 2.75) is 19.5 Å². The highest BCUT2D eigenvalue weighted by Gasteiger charge is 2.25. The van der Waals surface area contributed by atoms with E-state index in [4.69, 9.17) is 4.74 Å². The zero-order chi connectivity index (χ0) is 16.1. The maximum atomic E-state index is 13.4. The molecule has 22 heavy (non-hydrogen) atoms. The van der Waals surface area contributed by atoms with Crippen LogP contribution in [0.3, 0.4) is 0 Å². The Hall–Kier alpha value is -1.66. The van der Waals surface area contributed by atoms with Crippen molar-refractivity contribution < 1.29 is 13.9 Å². The molecule has 0 spiro atoms. The van der Waals surface area contributed by atoms with Crippen LogP contribution in [0.5, 0.6) is 5.75 Å². The molecule has 1 aliphatic rings. The van der Waals surface area contributed by atoms with E-state index in [1.165, 1.54) is 12.1 Å². The van der Waals surface area contributed by atoms with Crippen molar-refractivity contribution in [3.8, 4) is 5.75 Å². The Bertz CT molecular complexity index is 516. The first-order chi connectivity index (χ1) is 10.5. The van der Waals surface area contributed by atoms with Crippen LogP contribution in [0.1, 0.15) is 12.5 Å². The number of piperazine rings is 1. The van der Waals surface area contributed by atoms with Crippen molar-refractivity contribution in [1.29, 1.82) is 0 Å². The number of hydrogen-bond acceptors (Lipinski definition) is 4. The normalized spacial score (nSPS) is 18.0. The lowest BCUT2D eigenvalue weighted by atomic mass is 10.1. The van der Waals surface area contributed by atoms with E-state index >= 15 is 0 Å². The molecule has 0 aliphatic carbocycles. The molecule has 6 heteroatoms. The number of ether oxygens (including phenoxy) is 1. The van der Waals surface area contributed by atoms with Crippen molar-refractivity contribution >= 4 is 5.91 Å². The van der Waals surface area contributed by atoms with E-state index in [0.29, 0.717) is 12.3 Å². The first-order valence-electron chi connectivity index (χ1n) is 7.55. The lowest BCUT2D eigenvalue weighted by Gasteiger charge is -2.37. The van der Waals surface area contributed by atoms with Gasteiger partial charge in [-0.15, -0.1) is 0 Å². The Morgan fingerprint density at radius 2 is 2.05 bits per heavy atom. The van der Waals surface area contributed by atoms with Gasteiger partial charge in [-0.1, -0.05) is 0 Å². The summed E-state index contributed by atoms with van der Waals surface area (Å²) >= 11 is 0. The van der Waals surface area contributed by atoms with Crippen molar-refractivity contribution in [3.63, 3.8) is 0 Å². The number of benzene rings is 1. The summed E-state index contributed by atoms with van der Waals surface area (Å²) in [6.45, 7) is 5.92. The van der Waals surface area contributed by atoms with Gasteiger partial charge >= 0.3 is 0 Å². The van der Waals surface area contributed by atoms with Gasteiger partial charge in [0.2, 0.25) is 5.91 Å². The zero-order valence-corrected chi connectivity index (χ0v) is 13.4. The smallest absolute Gasteiger partial charge is 0.236 e. The molecule has 5 nitrogen and oxygen atoms in total. The largest absolute Gasteiger partial charge is 0.496 e. The predicted molar refractivity (Wildman–Crippen MR) is 83.3 cm³/mol. The molecule has 2 rings (SSSR count). The summed E-state index contributed by atoms with van der Waals surface area (Å²) in [5, 5.41) is 2.68. The van der Waals surface area contributed by atoms with Crippen LogP contribution in [0, 0.1) is 5.82 Å². The topological polar surface area (TPSA) is 44.8 Å². The van der Waals surface area contributed by atoms with Gasteiger partial charge in [-0.3, -0.25) is 14.6 Å². The minimum absolute atomic E-state index is 0.0419. The third-order valence-corrected chi connectivity index (χ3v) is 4.22. The van der Waals surface area contributed by atoms with Crippen LogP contribution in [0.4, 0.5) is 4.39 Å². The van der Waals surface area contributed by atoms with E-state index in [-0.39, 0.29) is 17.8 Å². The maximum absolute atomic E-state index is 13.4. The fraction of sp³-hybridized carbons (Fsp3) is 0.562. The number of likely N-dealkylation sites (N-methyl/N-ethyl adjacent to an activating group) is 1. The van der Waals surface area contributed by atoms with Crippen LogP contribution in [0.25, 0.3) is 0 Å². The molecule has 1 aliphatic heterocycles. The molecule has 0 saturated carbocycles. The van der Waals surface area contributed by atoms with Crippen LogP contribution in [0.2, 0.25) is 0 Å². The average molecular weight is 309 g/mol. The molecule has 1 amide bonds. The third kappa shape index (κ3) is 3.96. The minimum atomic E-state index is -0.248. The molecule has 0 radical (unpaired) electrons. The Balaban J connectivity index is 1.93. The van der Waals surface area contributed by atoms with Crippen LogP contribution >= 0.6 is 0 Å². The monoisotopic (exact) mass is 309 g/mol. The van der Waals surface area contributed by atoms with Gasteiger partial charge < -0.3 is 10.1 Å². The highest BCUT2D eigenvalue weighted by atomic mass is 19.1.